The van der Waals surface area contributed by atoms with Crippen LogP contribution in [0.2, 0.25) is 0 Å². The minimum atomic E-state index is 0.0243. The molecule has 0 aliphatic rings. The second-order valence-corrected chi connectivity index (χ2v) is 5.02. The van der Waals surface area contributed by atoms with E-state index < -0.39 is 0 Å². The van der Waals surface area contributed by atoms with E-state index in [1.165, 1.54) is 0 Å². The standard InChI is InChI=1S/C13H13NOS/c1-8-6-9(2)12(14-7-8)13(15)11-4-5-16-10(11)3/h4-7H,1-3H3. The van der Waals surface area contributed by atoms with Gasteiger partial charge in [0.2, 0.25) is 5.78 Å². The number of aromatic nitrogens is 1. The molecule has 2 rings (SSSR count). The van der Waals surface area contributed by atoms with Crippen LogP contribution in [0.25, 0.3) is 0 Å². The van der Waals surface area contributed by atoms with Crippen molar-refractivity contribution in [3.63, 3.8) is 0 Å². The van der Waals surface area contributed by atoms with E-state index in [1.54, 1.807) is 17.5 Å². The lowest BCUT2D eigenvalue weighted by Gasteiger charge is -2.04. The molecule has 0 N–H and O–H groups in total. The van der Waals surface area contributed by atoms with Crippen molar-refractivity contribution in [1.29, 1.82) is 0 Å². The summed E-state index contributed by atoms with van der Waals surface area (Å²) in [6.07, 6.45) is 1.74. The van der Waals surface area contributed by atoms with Crippen LogP contribution in [0.15, 0.2) is 23.7 Å². The van der Waals surface area contributed by atoms with E-state index in [0.29, 0.717) is 5.69 Å². The third-order valence-corrected chi connectivity index (χ3v) is 3.38. The molecule has 0 saturated heterocycles. The first-order chi connectivity index (χ1) is 7.59. The number of hydrogen-bond acceptors (Lipinski definition) is 3. The average Bonchev–Trinajstić information content (AvgIpc) is 2.63. The fourth-order valence-electron chi connectivity index (χ4n) is 1.70. The van der Waals surface area contributed by atoms with Gasteiger partial charge in [-0.1, -0.05) is 6.07 Å². The van der Waals surface area contributed by atoms with Crippen LogP contribution in [-0.2, 0) is 0 Å². The second-order valence-electron chi connectivity index (χ2n) is 3.90. The number of carbonyl (C=O) groups excluding carboxylic acids is 1. The third kappa shape index (κ3) is 1.91. The molecule has 0 radical (unpaired) electrons. The summed E-state index contributed by atoms with van der Waals surface area (Å²) in [6.45, 7) is 5.86. The average molecular weight is 231 g/mol. The molecule has 2 nitrogen and oxygen atoms in total. The zero-order valence-corrected chi connectivity index (χ0v) is 10.4. The van der Waals surface area contributed by atoms with Gasteiger partial charge in [-0.25, -0.2) is 0 Å². The maximum absolute atomic E-state index is 12.2. The third-order valence-electron chi connectivity index (χ3n) is 2.53. The first kappa shape index (κ1) is 11.0. The van der Waals surface area contributed by atoms with Crippen molar-refractivity contribution in [3.8, 4) is 0 Å². The Kier molecular flexibility index (Phi) is 2.88. The minimum Gasteiger partial charge on any atom is -0.287 e. The number of carbonyl (C=O) groups is 1. The molecule has 2 heterocycles. The molecule has 0 bridgehead atoms. The number of aryl methyl sites for hydroxylation is 3. The van der Waals surface area contributed by atoms with E-state index in [-0.39, 0.29) is 5.78 Å². The van der Waals surface area contributed by atoms with Crippen molar-refractivity contribution in [1.82, 2.24) is 4.98 Å². The van der Waals surface area contributed by atoms with Crippen molar-refractivity contribution in [3.05, 3.63) is 51.0 Å². The Hall–Kier alpha value is -1.48. The van der Waals surface area contributed by atoms with Crippen LogP contribution in [0.3, 0.4) is 0 Å². The highest BCUT2D eigenvalue weighted by molar-refractivity contribution is 7.10. The van der Waals surface area contributed by atoms with E-state index in [4.69, 9.17) is 0 Å². The fraction of sp³-hybridized carbons (Fsp3) is 0.231. The number of rotatable bonds is 2. The highest BCUT2D eigenvalue weighted by Crippen LogP contribution is 2.20. The van der Waals surface area contributed by atoms with Gasteiger partial charge in [-0.2, -0.15) is 0 Å². The van der Waals surface area contributed by atoms with Gasteiger partial charge in [0.05, 0.1) is 0 Å². The van der Waals surface area contributed by atoms with Gasteiger partial charge in [-0.15, -0.1) is 11.3 Å². The van der Waals surface area contributed by atoms with Crippen molar-refractivity contribution < 1.29 is 4.79 Å². The van der Waals surface area contributed by atoms with E-state index in [9.17, 15) is 4.79 Å². The van der Waals surface area contributed by atoms with Gasteiger partial charge < -0.3 is 0 Å². The molecule has 0 amide bonds. The Morgan fingerprint density at radius 1 is 1.31 bits per heavy atom. The van der Waals surface area contributed by atoms with Crippen LogP contribution in [0.5, 0.6) is 0 Å². The predicted octanol–water partition coefficient (Wildman–Crippen LogP) is 3.30. The molecule has 0 aromatic carbocycles. The van der Waals surface area contributed by atoms with E-state index in [1.807, 2.05) is 38.3 Å². The van der Waals surface area contributed by atoms with E-state index in [0.717, 1.165) is 21.6 Å². The van der Waals surface area contributed by atoms with Gasteiger partial charge in [-0.3, -0.25) is 9.78 Å². The summed E-state index contributed by atoms with van der Waals surface area (Å²) in [7, 11) is 0. The number of pyridine rings is 1. The lowest BCUT2D eigenvalue weighted by Crippen LogP contribution is -2.06. The smallest absolute Gasteiger partial charge is 0.212 e. The maximum atomic E-state index is 12.2. The van der Waals surface area contributed by atoms with Crippen LogP contribution >= 0.6 is 11.3 Å². The molecule has 0 fully saturated rings. The number of thiophene rings is 1. The SMILES string of the molecule is Cc1cnc(C(=O)c2ccsc2C)c(C)c1. The summed E-state index contributed by atoms with van der Waals surface area (Å²) in [5.74, 6) is 0.0243. The molecule has 0 aliphatic heterocycles. The predicted molar refractivity (Wildman–Crippen MR) is 66.2 cm³/mol. The lowest BCUT2D eigenvalue weighted by atomic mass is 10.0. The molecule has 2 aromatic rings. The first-order valence-electron chi connectivity index (χ1n) is 5.11. The van der Waals surface area contributed by atoms with E-state index >= 15 is 0 Å². The first-order valence-corrected chi connectivity index (χ1v) is 5.99. The van der Waals surface area contributed by atoms with Crippen LogP contribution in [0.1, 0.15) is 32.1 Å². The monoisotopic (exact) mass is 231 g/mol. The van der Waals surface area contributed by atoms with Crippen molar-refractivity contribution in [2.75, 3.05) is 0 Å². The van der Waals surface area contributed by atoms with Gasteiger partial charge in [0, 0.05) is 16.6 Å². The number of hydrogen-bond donors (Lipinski definition) is 0. The van der Waals surface area contributed by atoms with Crippen molar-refractivity contribution in [2.24, 2.45) is 0 Å². The zero-order valence-electron chi connectivity index (χ0n) is 9.57. The molecular formula is C13H13NOS. The summed E-state index contributed by atoms with van der Waals surface area (Å²) < 4.78 is 0. The van der Waals surface area contributed by atoms with Crippen LogP contribution in [0, 0.1) is 20.8 Å². The Labute approximate surface area is 99.0 Å². The molecule has 3 heteroatoms. The molecule has 0 saturated carbocycles. The number of ketones is 1. The van der Waals surface area contributed by atoms with Crippen LogP contribution in [0.4, 0.5) is 0 Å². The summed E-state index contributed by atoms with van der Waals surface area (Å²) in [6, 6.07) is 3.85. The normalized spacial score (nSPS) is 10.4. The summed E-state index contributed by atoms with van der Waals surface area (Å²) in [4.78, 5) is 17.5. The van der Waals surface area contributed by atoms with Gasteiger partial charge in [0.1, 0.15) is 5.69 Å². The summed E-state index contributed by atoms with van der Waals surface area (Å²) in [5, 5.41) is 1.94. The van der Waals surface area contributed by atoms with Gasteiger partial charge in [-0.05, 0) is 43.3 Å². The lowest BCUT2D eigenvalue weighted by molar-refractivity contribution is 0.103. The van der Waals surface area contributed by atoms with Gasteiger partial charge in [0.15, 0.2) is 0 Å². The molecule has 16 heavy (non-hydrogen) atoms. The molecule has 0 spiro atoms. The highest BCUT2D eigenvalue weighted by atomic mass is 32.1. The second kappa shape index (κ2) is 4.18. The Balaban J connectivity index is 2.46. The van der Waals surface area contributed by atoms with Crippen molar-refractivity contribution in [2.45, 2.75) is 20.8 Å². The highest BCUT2D eigenvalue weighted by Gasteiger charge is 2.15. The quantitative estimate of drug-likeness (QED) is 0.742. The Morgan fingerprint density at radius 3 is 2.62 bits per heavy atom. The molecule has 82 valence electrons. The summed E-state index contributed by atoms with van der Waals surface area (Å²) in [5.41, 5.74) is 3.35. The van der Waals surface area contributed by atoms with Crippen LogP contribution in [-0.4, -0.2) is 10.8 Å². The Morgan fingerprint density at radius 2 is 2.06 bits per heavy atom. The topological polar surface area (TPSA) is 30.0 Å². The van der Waals surface area contributed by atoms with Crippen molar-refractivity contribution >= 4 is 17.1 Å². The molecule has 0 aliphatic carbocycles. The summed E-state index contributed by atoms with van der Waals surface area (Å²) >= 11 is 1.59. The van der Waals surface area contributed by atoms with Crippen LogP contribution < -0.4 is 0 Å². The molecule has 0 unspecified atom stereocenters. The maximum Gasteiger partial charge on any atom is 0.212 e. The molecule has 0 atom stereocenters. The molecule has 2 aromatic heterocycles. The molecular weight excluding hydrogens is 218 g/mol. The largest absolute Gasteiger partial charge is 0.287 e. The van der Waals surface area contributed by atoms with Gasteiger partial charge >= 0.3 is 0 Å². The van der Waals surface area contributed by atoms with Gasteiger partial charge in [0.25, 0.3) is 0 Å². The fourth-order valence-corrected chi connectivity index (χ4v) is 2.40. The number of nitrogens with zero attached hydrogens (tertiary/aromatic N) is 1. The zero-order chi connectivity index (χ0) is 11.7. The van der Waals surface area contributed by atoms with E-state index in [2.05, 4.69) is 4.98 Å². The minimum absolute atomic E-state index is 0.0243. The Bertz CT molecular complexity index is 543.